The van der Waals surface area contributed by atoms with Gasteiger partial charge in [-0.25, -0.2) is 0 Å². The van der Waals surface area contributed by atoms with Crippen molar-refractivity contribution in [1.82, 2.24) is 9.80 Å². The highest BCUT2D eigenvalue weighted by Gasteiger charge is 2.71. The molecule has 8 nitrogen and oxygen atoms in total. The maximum Gasteiger partial charge on any atom is 0.142 e. The normalized spacial score (nSPS) is 35.2. The van der Waals surface area contributed by atoms with Crippen molar-refractivity contribution in [3.63, 3.8) is 0 Å². The summed E-state index contributed by atoms with van der Waals surface area (Å²) in [6, 6.07) is 7.95. The first kappa shape index (κ1) is 20.7. The summed E-state index contributed by atoms with van der Waals surface area (Å²) in [7, 11) is 0. The average molecular weight is 479 g/mol. The fourth-order valence-corrected chi connectivity index (χ4v) is 7.65. The third-order valence-corrected chi connectivity index (χ3v) is 9.31. The molecule has 5 atom stereocenters. The maximum absolute atomic E-state index is 11.3. The fourth-order valence-electron chi connectivity index (χ4n) is 7.65. The van der Waals surface area contributed by atoms with Crippen LogP contribution < -0.4 is 9.47 Å². The highest BCUT2D eigenvalue weighted by molar-refractivity contribution is 5.65. The van der Waals surface area contributed by atoms with E-state index in [1.54, 1.807) is 6.07 Å². The van der Waals surface area contributed by atoms with E-state index >= 15 is 0 Å². The molecule has 0 amide bonds. The van der Waals surface area contributed by atoms with Crippen molar-refractivity contribution in [1.29, 1.82) is 0 Å². The Morgan fingerprint density at radius 3 is 2.37 bits per heavy atom. The van der Waals surface area contributed by atoms with Gasteiger partial charge in [-0.15, -0.1) is 0 Å². The summed E-state index contributed by atoms with van der Waals surface area (Å²) in [4.78, 5) is 4.90. The molecule has 1 spiro atoms. The van der Waals surface area contributed by atoms with Crippen molar-refractivity contribution in [2.45, 2.75) is 42.5 Å². The van der Waals surface area contributed by atoms with Gasteiger partial charge in [-0.3, -0.25) is 9.80 Å². The largest absolute Gasteiger partial charge is 0.508 e. The van der Waals surface area contributed by atoms with Crippen LogP contribution >= 0.6 is 0 Å². The van der Waals surface area contributed by atoms with E-state index < -0.39 is 0 Å². The van der Waals surface area contributed by atoms with Crippen LogP contribution in [0.4, 0.5) is 0 Å². The number of rotatable bonds is 2. The summed E-state index contributed by atoms with van der Waals surface area (Å²) >= 11 is 0. The molecule has 8 rings (SSSR count). The predicted molar refractivity (Wildman–Crippen MR) is 125 cm³/mol. The van der Waals surface area contributed by atoms with E-state index in [9.17, 15) is 10.2 Å². The Kier molecular flexibility index (Phi) is 4.28. The van der Waals surface area contributed by atoms with E-state index in [4.69, 9.17) is 18.9 Å². The number of phenolic OH excluding ortho intramolecular Hbond substituents is 2. The molecule has 184 valence electrons. The number of aromatic hydroxyl groups is 2. The Hall–Kier alpha value is -2.52. The molecule has 2 saturated heterocycles. The van der Waals surface area contributed by atoms with E-state index in [0.717, 1.165) is 79.6 Å². The number of fused-ring (bicyclic) bond motifs is 1. The minimum Gasteiger partial charge on any atom is -0.508 e. The molecule has 2 aromatic rings. The lowest BCUT2D eigenvalue weighted by molar-refractivity contribution is -0.141. The van der Waals surface area contributed by atoms with Crippen molar-refractivity contribution in [2.75, 3.05) is 52.6 Å². The SMILES string of the molecule is Oc1cc2c3cc1CC(N1CCOCC1)c1c(O)ccc4c1OC3[C@]41C(N3CCOCC3)C[C@@H]1O2. The summed E-state index contributed by atoms with van der Waals surface area (Å²) < 4.78 is 24.8. The van der Waals surface area contributed by atoms with Gasteiger partial charge in [-0.2, -0.15) is 0 Å². The van der Waals surface area contributed by atoms with Crippen molar-refractivity contribution in [3.8, 4) is 23.0 Å². The molecule has 3 unspecified atom stereocenters. The van der Waals surface area contributed by atoms with Crippen LogP contribution in [0.5, 0.6) is 23.0 Å². The summed E-state index contributed by atoms with van der Waals surface area (Å²) in [5.41, 5.74) is 3.53. The van der Waals surface area contributed by atoms with Crippen LogP contribution in [-0.4, -0.2) is 84.8 Å². The van der Waals surface area contributed by atoms with Crippen LogP contribution in [0.2, 0.25) is 0 Å². The Bertz CT molecular complexity index is 1210. The third kappa shape index (κ3) is 2.61. The first-order valence-electron chi connectivity index (χ1n) is 12.8. The Morgan fingerprint density at radius 1 is 0.857 bits per heavy atom. The minimum absolute atomic E-state index is 0.0435. The Morgan fingerprint density at radius 2 is 1.60 bits per heavy atom. The fraction of sp³-hybridized carbons (Fsp3) is 0.556. The molecule has 2 N–H and O–H groups in total. The molecule has 3 fully saturated rings. The zero-order valence-electron chi connectivity index (χ0n) is 19.6. The number of morpholine rings is 2. The van der Waals surface area contributed by atoms with Crippen molar-refractivity contribution in [3.05, 3.63) is 46.5 Å². The van der Waals surface area contributed by atoms with Gasteiger partial charge in [0.15, 0.2) is 0 Å². The van der Waals surface area contributed by atoms with Gasteiger partial charge in [-0.1, -0.05) is 6.07 Å². The molecule has 6 aliphatic rings. The van der Waals surface area contributed by atoms with E-state index in [1.165, 1.54) is 0 Å². The first-order chi connectivity index (χ1) is 17.2. The molecular weight excluding hydrogens is 448 g/mol. The summed E-state index contributed by atoms with van der Waals surface area (Å²) in [5, 5.41) is 22.3. The van der Waals surface area contributed by atoms with Crippen LogP contribution in [0, 0.1) is 0 Å². The molecule has 5 heterocycles. The molecule has 1 aliphatic carbocycles. The van der Waals surface area contributed by atoms with Crippen LogP contribution in [0.1, 0.15) is 40.8 Å². The number of hydrogen-bond acceptors (Lipinski definition) is 8. The number of hydrogen-bond donors (Lipinski definition) is 2. The smallest absolute Gasteiger partial charge is 0.142 e. The number of phenols is 2. The molecule has 35 heavy (non-hydrogen) atoms. The second-order valence-corrected chi connectivity index (χ2v) is 10.7. The quantitative estimate of drug-likeness (QED) is 0.680. The third-order valence-electron chi connectivity index (χ3n) is 9.31. The Balaban J connectivity index is 1.37. The van der Waals surface area contributed by atoms with E-state index in [-0.39, 0.29) is 41.2 Å². The van der Waals surface area contributed by atoms with Gasteiger partial charge in [0.25, 0.3) is 0 Å². The lowest BCUT2D eigenvalue weighted by atomic mass is 9.53. The molecule has 0 radical (unpaired) electrons. The van der Waals surface area contributed by atoms with Crippen LogP contribution in [0.25, 0.3) is 0 Å². The topological polar surface area (TPSA) is 83.9 Å². The minimum atomic E-state index is -0.344. The highest BCUT2D eigenvalue weighted by Crippen LogP contribution is 2.68. The second-order valence-electron chi connectivity index (χ2n) is 10.7. The molecule has 4 bridgehead atoms. The first-order valence-corrected chi connectivity index (χ1v) is 12.8. The summed E-state index contributed by atoms with van der Waals surface area (Å²) in [5.74, 6) is 2.04. The number of ether oxygens (including phenoxy) is 4. The summed E-state index contributed by atoms with van der Waals surface area (Å²) in [6.07, 6.45) is 1.24. The van der Waals surface area contributed by atoms with Gasteiger partial charge < -0.3 is 29.2 Å². The predicted octanol–water partition coefficient (Wildman–Crippen LogP) is 2.26. The highest BCUT2D eigenvalue weighted by atomic mass is 16.5. The lowest BCUT2D eigenvalue weighted by Gasteiger charge is -2.61. The molecule has 8 heteroatoms. The van der Waals surface area contributed by atoms with Gasteiger partial charge in [0.1, 0.15) is 35.2 Å². The van der Waals surface area contributed by atoms with E-state index in [1.807, 2.05) is 6.07 Å². The van der Waals surface area contributed by atoms with Gasteiger partial charge in [0, 0.05) is 61.9 Å². The zero-order chi connectivity index (χ0) is 23.3. The van der Waals surface area contributed by atoms with Gasteiger partial charge in [-0.05, 0) is 24.1 Å². The molecule has 2 aromatic carbocycles. The molecule has 1 saturated carbocycles. The van der Waals surface area contributed by atoms with Crippen molar-refractivity contribution >= 4 is 0 Å². The monoisotopic (exact) mass is 478 g/mol. The van der Waals surface area contributed by atoms with Gasteiger partial charge >= 0.3 is 0 Å². The lowest BCUT2D eigenvalue weighted by Crippen LogP contribution is -2.72. The Labute approximate surface area is 203 Å². The van der Waals surface area contributed by atoms with Crippen LogP contribution in [0.3, 0.4) is 0 Å². The van der Waals surface area contributed by atoms with E-state index in [2.05, 4.69) is 21.9 Å². The summed E-state index contributed by atoms with van der Waals surface area (Å²) in [6.45, 7) is 6.14. The van der Waals surface area contributed by atoms with E-state index in [0.29, 0.717) is 19.6 Å². The number of nitrogens with zero attached hydrogens (tertiary/aromatic N) is 2. The molecule has 0 aromatic heterocycles. The van der Waals surface area contributed by atoms with Crippen molar-refractivity contribution < 1.29 is 29.2 Å². The zero-order valence-corrected chi connectivity index (χ0v) is 19.6. The molecular formula is C27H30N2O6. The maximum atomic E-state index is 11.3. The van der Waals surface area contributed by atoms with Gasteiger partial charge in [0.05, 0.1) is 37.4 Å². The van der Waals surface area contributed by atoms with Crippen LogP contribution in [0.15, 0.2) is 24.3 Å². The standard InChI is InChI=1S/C27H30N2O6/c30-19-2-1-17-25-24(19)18(28-3-7-32-8-4-28)12-15-11-16-21(13-20(15)31)34-23-14-22(27(17,23)26(16)35-25)29-5-9-33-10-6-29/h1-2,11,13,18,22-23,26,30-31H,3-10,12,14H2/t18?,22?,23-,26?,27-/m0/s1. The second kappa shape index (κ2) is 7.26. The molecule has 5 aliphatic heterocycles. The number of benzene rings is 2. The van der Waals surface area contributed by atoms with Gasteiger partial charge in [0.2, 0.25) is 0 Å². The average Bonchev–Trinajstić information content (AvgIpc) is 3.27. The van der Waals surface area contributed by atoms with Crippen molar-refractivity contribution in [2.24, 2.45) is 0 Å². The van der Waals surface area contributed by atoms with Crippen LogP contribution in [-0.2, 0) is 21.3 Å².